The molecule has 2 aromatic rings. The molecule has 3 heterocycles. The van der Waals surface area contributed by atoms with Crippen molar-refractivity contribution in [3.8, 4) is 5.75 Å². The molecule has 1 amide bonds. The van der Waals surface area contributed by atoms with Gasteiger partial charge in [-0.3, -0.25) is 4.79 Å². The van der Waals surface area contributed by atoms with Crippen LogP contribution in [-0.4, -0.2) is 61.8 Å². The Morgan fingerprint density at radius 2 is 1.84 bits per heavy atom. The predicted octanol–water partition coefficient (Wildman–Crippen LogP) is 6.35. The summed E-state index contributed by atoms with van der Waals surface area (Å²) < 4.78 is 93.0. The fraction of sp³-hybridized carbons (Fsp3) is 0.594. The summed E-state index contributed by atoms with van der Waals surface area (Å²) in [6, 6.07) is 11.2. The first-order valence-corrected chi connectivity index (χ1v) is 15.0. The number of nitrogens with zero attached hydrogens (tertiary/aromatic N) is 1. The predicted molar refractivity (Wildman–Crippen MR) is 146 cm³/mol. The van der Waals surface area contributed by atoms with Gasteiger partial charge in [0.2, 0.25) is 11.8 Å². The van der Waals surface area contributed by atoms with E-state index in [4.69, 9.17) is 9.47 Å². The quantitative estimate of drug-likeness (QED) is 0.401. The molecule has 1 aliphatic carbocycles. The molecule has 6 rings (SSSR count). The Hall–Kier alpha value is -2.79. The van der Waals surface area contributed by atoms with Crippen LogP contribution in [0.2, 0.25) is 0 Å². The maximum atomic E-state index is 14.8. The number of hydrogen-bond donors (Lipinski definition) is 1. The van der Waals surface area contributed by atoms with Gasteiger partial charge in [0.1, 0.15) is 11.6 Å². The number of carbonyl (C=O) groups excluding carboxylic acids is 1. The van der Waals surface area contributed by atoms with Gasteiger partial charge in [-0.05, 0) is 60.8 Å². The molecule has 1 unspecified atom stereocenters. The van der Waals surface area contributed by atoms with E-state index in [1.54, 1.807) is 24.3 Å². The van der Waals surface area contributed by atoms with Gasteiger partial charge in [0.05, 0.1) is 19.1 Å². The first-order chi connectivity index (χ1) is 20.5. The van der Waals surface area contributed by atoms with Crippen molar-refractivity contribution >= 4 is 5.91 Å². The van der Waals surface area contributed by atoms with Crippen LogP contribution in [0, 0.1) is 17.7 Å². The lowest BCUT2D eigenvalue weighted by Gasteiger charge is -2.48. The van der Waals surface area contributed by atoms with E-state index in [0.717, 1.165) is 5.56 Å². The average molecular weight is 611 g/mol. The van der Waals surface area contributed by atoms with Crippen molar-refractivity contribution in [2.24, 2.45) is 11.8 Å². The Morgan fingerprint density at radius 1 is 1.07 bits per heavy atom. The van der Waals surface area contributed by atoms with Crippen molar-refractivity contribution in [2.45, 2.75) is 74.6 Å². The van der Waals surface area contributed by atoms with E-state index < -0.39 is 30.0 Å². The third kappa shape index (κ3) is 5.99. The van der Waals surface area contributed by atoms with Gasteiger partial charge in [-0.2, -0.15) is 13.2 Å². The van der Waals surface area contributed by atoms with Gasteiger partial charge in [0.15, 0.2) is 6.61 Å². The van der Waals surface area contributed by atoms with E-state index in [9.17, 15) is 31.1 Å². The van der Waals surface area contributed by atoms with E-state index in [1.165, 1.54) is 12.1 Å². The minimum absolute atomic E-state index is 0.0684. The lowest BCUT2D eigenvalue weighted by Crippen LogP contribution is -2.56. The van der Waals surface area contributed by atoms with E-state index in [-0.39, 0.29) is 74.2 Å². The van der Waals surface area contributed by atoms with Crippen LogP contribution >= 0.6 is 0 Å². The highest BCUT2D eigenvalue weighted by atomic mass is 19.4. The van der Waals surface area contributed by atoms with E-state index >= 15 is 0 Å². The number of ether oxygens (including phenoxy) is 2. The summed E-state index contributed by atoms with van der Waals surface area (Å²) in [5, 5.41) is 3.32. The van der Waals surface area contributed by atoms with Gasteiger partial charge in [0, 0.05) is 49.5 Å². The largest absolute Gasteiger partial charge is 0.484 e. The first-order valence-electron chi connectivity index (χ1n) is 15.0. The van der Waals surface area contributed by atoms with Crippen LogP contribution < -0.4 is 10.1 Å². The Kier molecular flexibility index (Phi) is 8.17. The molecular formula is C32H36F6N2O3. The molecule has 0 bridgehead atoms. The molecule has 1 spiro atoms. The van der Waals surface area contributed by atoms with Crippen LogP contribution in [0.15, 0.2) is 42.5 Å². The normalized spacial score (nSPS) is 29.4. The Balaban J connectivity index is 1.30. The van der Waals surface area contributed by atoms with Crippen LogP contribution in [0.3, 0.4) is 0 Å². The van der Waals surface area contributed by atoms with Crippen molar-refractivity contribution in [3.05, 3.63) is 65.0 Å². The van der Waals surface area contributed by atoms with Gasteiger partial charge in [-0.1, -0.05) is 30.3 Å². The third-order valence-electron chi connectivity index (χ3n) is 10.00. The second-order valence-electron chi connectivity index (χ2n) is 12.6. The highest BCUT2D eigenvalue weighted by Crippen LogP contribution is 2.48. The van der Waals surface area contributed by atoms with Crippen molar-refractivity contribution in [2.75, 3.05) is 32.8 Å². The number of nitrogens with one attached hydrogen (secondary N) is 1. The maximum absolute atomic E-state index is 14.8. The van der Waals surface area contributed by atoms with E-state index in [0.29, 0.717) is 43.6 Å². The number of benzene rings is 2. The fourth-order valence-electron chi connectivity index (χ4n) is 7.86. The number of carbonyl (C=O) groups is 1. The number of likely N-dealkylation sites (tertiary alicyclic amines) is 1. The van der Waals surface area contributed by atoms with Crippen molar-refractivity contribution < 1.29 is 40.6 Å². The fourth-order valence-corrected chi connectivity index (χ4v) is 7.86. The van der Waals surface area contributed by atoms with Crippen LogP contribution in [0.4, 0.5) is 26.3 Å². The minimum Gasteiger partial charge on any atom is -0.484 e. The Morgan fingerprint density at radius 3 is 2.58 bits per heavy atom. The first kappa shape index (κ1) is 30.2. The zero-order chi connectivity index (χ0) is 30.4. The zero-order valence-corrected chi connectivity index (χ0v) is 23.8. The molecule has 0 aromatic heterocycles. The lowest BCUT2D eigenvalue weighted by molar-refractivity contribution is -0.153. The van der Waals surface area contributed by atoms with Gasteiger partial charge in [-0.25, -0.2) is 13.2 Å². The van der Waals surface area contributed by atoms with E-state index in [1.807, 2.05) is 11.0 Å². The maximum Gasteiger partial charge on any atom is 0.422 e. The molecule has 234 valence electrons. The second kappa shape index (κ2) is 11.6. The highest BCUT2D eigenvalue weighted by Gasteiger charge is 2.54. The monoisotopic (exact) mass is 610 g/mol. The molecule has 11 heteroatoms. The van der Waals surface area contributed by atoms with Gasteiger partial charge >= 0.3 is 6.18 Å². The number of rotatable bonds is 5. The average Bonchev–Trinajstić information content (AvgIpc) is 3.39. The van der Waals surface area contributed by atoms with E-state index in [2.05, 4.69) is 5.32 Å². The molecular weight excluding hydrogens is 574 g/mol. The standard InChI is InChI=1S/C32H36F6N2O3/c33-26-6-2-1-4-22(26)21-10-13-40(27(14-21)20-8-11-31(34,35)12-9-20)29(41)25-15-39-17-30(25)18-42-16-23-24(30)5-3-7-28(23)43-19-32(36,37)38/h1-7,20-21,25,27,39H,8-19H2/t21-,25+,27?,30-/m1/s1. The molecule has 3 aliphatic heterocycles. The second-order valence-corrected chi connectivity index (χ2v) is 12.6. The summed E-state index contributed by atoms with van der Waals surface area (Å²) >= 11 is 0. The smallest absolute Gasteiger partial charge is 0.422 e. The molecule has 0 radical (unpaired) electrons. The van der Waals surface area contributed by atoms with Crippen molar-refractivity contribution in [3.63, 3.8) is 0 Å². The number of halogens is 6. The summed E-state index contributed by atoms with van der Waals surface area (Å²) in [4.78, 5) is 16.4. The van der Waals surface area contributed by atoms with Gasteiger partial charge in [-0.15, -0.1) is 0 Å². The summed E-state index contributed by atoms with van der Waals surface area (Å²) in [5.74, 6) is -3.93. The molecule has 2 saturated heterocycles. The number of fused-ring (bicyclic) bond motifs is 2. The number of piperidine rings is 1. The molecule has 4 atom stereocenters. The molecule has 1 N–H and O–H groups in total. The molecule has 1 saturated carbocycles. The lowest BCUT2D eigenvalue weighted by atomic mass is 9.68. The van der Waals surface area contributed by atoms with Gasteiger partial charge in [0.25, 0.3) is 0 Å². The van der Waals surface area contributed by atoms with Crippen LogP contribution in [0.5, 0.6) is 5.75 Å². The highest BCUT2D eigenvalue weighted by molar-refractivity contribution is 5.82. The van der Waals surface area contributed by atoms with Crippen molar-refractivity contribution in [1.29, 1.82) is 0 Å². The minimum atomic E-state index is -4.50. The molecule has 5 nitrogen and oxygen atoms in total. The van der Waals surface area contributed by atoms with Crippen LogP contribution in [0.1, 0.15) is 61.1 Å². The molecule has 2 aromatic carbocycles. The Labute approximate surface area is 246 Å². The molecule has 3 fully saturated rings. The van der Waals surface area contributed by atoms with Crippen molar-refractivity contribution in [1.82, 2.24) is 10.2 Å². The summed E-state index contributed by atoms with van der Waals surface area (Å²) in [6.45, 7) is -0.0548. The van der Waals surface area contributed by atoms with Gasteiger partial charge < -0.3 is 19.7 Å². The summed E-state index contributed by atoms with van der Waals surface area (Å²) in [5.41, 5.74) is 0.996. The molecule has 4 aliphatic rings. The van der Waals surface area contributed by atoms with Crippen LogP contribution in [-0.2, 0) is 21.6 Å². The molecule has 43 heavy (non-hydrogen) atoms. The zero-order valence-electron chi connectivity index (χ0n) is 23.8. The number of amides is 1. The third-order valence-corrected chi connectivity index (χ3v) is 10.00. The summed E-state index contributed by atoms with van der Waals surface area (Å²) in [6.07, 6.45) is -3.39. The SMILES string of the molecule is O=C([C@@H]1CNC[C@]12COCc1c(OCC(F)(F)F)cccc12)N1CC[C@@H](c2ccccc2F)CC1C1CCC(F)(F)CC1. The van der Waals surface area contributed by atoms with Crippen LogP contribution in [0.25, 0.3) is 0 Å². The number of hydrogen-bond acceptors (Lipinski definition) is 4. The Bertz CT molecular complexity index is 1330. The topological polar surface area (TPSA) is 50.8 Å². The number of alkyl halides is 5. The summed E-state index contributed by atoms with van der Waals surface area (Å²) in [7, 11) is 0.